The number of hydrogen-bond donors (Lipinski definition) is 1. The zero-order chi connectivity index (χ0) is 18.0. The third-order valence-corrected chi connectivity index (χ3v) is 5.13. The van der Waals surface area contributed by atoms with E-state index in [1.807, 2.05) is 36.0 Å². The fourth-order valence-electron chi connectivity index (χ4n) is 3.63. The molecule has 0 unspecified atom stereocenters. The fraction of sp³-hybridized carbons (Fsp3) is 0.611. The van der Waals surface area contributed by atoms with E-state index in [9.17, 15) is 9.59 Å². The number of carboxylic acid groups (broad SMARTS) is 1. The van der Waals surface area contributed by atoms with Crippen molar-refractivity contribution in [1.82, 2.24) is 9.88 Å². The van der Waals surface area contributed by atoms with E-state index in [0.29, 0.717) is 31.0 Å². The van der Waals surface area contributed by atoms with Gasteiger partial charge in [0.1, 0.15) is 5.82 Å². The Balaban J connectivity index is 1.53. The quantitative estimate of drug-likeness (QED) is 0.891. The summed E-state index contributed by atoms with van der Waals surface area (Å²) in [5.74, 6) is 0.292. The fourth-order valence-corrected chi connectivity index (χ4v) is 3.63. The normalized spacial score (nSPS) is 24.3. The lowest BCUT2D eigenvalue weighted by Crippen LogP contribution is -2.41. The maximum absolute atomic E-state index is 12.6. The van der Waals surface area contributed by atoms with Gasteiger partial charge in [-0.05, 0) is 43.7 Å². The Kier molecular flexibility index (Phi) is 5.22. The molecule has 2 fully saturated rings. The lowest BCUT2D eigenvalue weighted by Gasteiger charge is -2.34. The molecule has 3 heterocycles. The molecule has 1 aromatic heterocycles. The van der Waals surface area contributed by atoms with E-state index in [-0.39, 0.29) is 12.0 Å². The molecule has 2 aliphatic rings. The molecule has 0 radical (unpaired) electrons. The van der Waals surface area contributed by atoms with E-state index in [1.165, 1.54) is 0 Å². The first-order chi connectivity index (χ1) is 12.0. The lowest BCUT2D eigenvalue weighted by molar-refractivity contribution is -0.150. The van der Waals surface area contributed by atoms with Crippen molar-refractivity contribution in [1.29, 1.82) is 0 Å². The molecule has 3 rings (SSSR count). The first-order valence-corrected chi connectivity index (χ1v) is 8.76. The van der Waals surface area contributed by atoms with Gasteiger partial charge in [-0.25, -0.2) is 9.78 Å². The molecule has 0 saturated carbocycles. The van der Waals surface area contributed by atoms with Gasteiger partial charge in [0, 0.05) is 33.4 Å². The summed E-state index contributed by atoms with van der Waals surface area (Å²) in [7, 11) is 3.82. The highest BCUT2D eigenvalue weighted by Crippen LogP contribution is 2.32. The molecule has 2 atom stereocenters. The Hall–Kier alpha value is -2.15. The Labute approximate surface area is 147 Å². The minimum Gasteiger partial charge on any atom is -0.479 e. The molecule has 7 heteroatoms. The standard InChI is InChI=1S/C18H25N3O4/c1-20(2)16-6-3-13(11-19-16)17(22)21-9-7-12(8-10-21)14-4-5-15(25-14)18(23)24/h3,6,11-12,14-15H,4-5,7-10H2,1-2H3,(H,23,24)/t14-,15+/m0/s1. The summed E-state index contributed by atoms with van der Waals surface area (Å²) in [6.07, 6.45) is 4.07. The minimum absolute atomic E-state index is 0.00649. The molecular weight excluding hydrogens is 322 g/mol. The summed E-state index contributed by atoms with van der Waals surface area (Å²) in [5.41, 5.74) is 0.604. The zero-order valence-electron chi connectivity index (χ0n) is 14.7. The number of nitrogens with zero attached hydrogens (tertiary/aromatic N) is 3. The molecule has 2 saturated heterocycles. The third kappa shape index (κ3) is 3.92. The number of ether oxygens (including phenoxy) is 1. The first kappa shape index (κ1) is 17.7. The molecular formula is C18H25N3O4. The highest BCUT2D eigenvalue weighted by atomic mass is 16.5. The molecule has 136 valence electrons. The van der Waals surface area contributed by atoms with E-state index in [4.69, 9.17) is 9.84 Å². The van der Waals surface area contributed by atoms with Crippen LogP contribution in [0.1, 0.15) is 36.0 Å². The zero-order valence-corrected chi connectivity index (χ0v) is 14.7. The number of hydrogen-bond acceptors (Lipinski definition) is 5. The summed E-state index contributed by atoms with van der Waals surface area (Å²) < 4.78 is 5.66. The van der Waals surface area contributed by atoms with Gasteiger partial charge in [-0.15, -0.1) is 0 Å². The number of carboxylic acids is 1. The van der Waals surface area contributed by atoms with Crippen LogP contribution in [0.3, 0.4) is 0 Å². The first-order valence-electron chi connectivity index (χ1n) is 8.76. The molecule has 0 bridgehead atoms. The van der Waals surface area contributed by atoms with E-state index in [1.54, 1.807) is 6.20 Å². The number of pyridine rings is 1. The minimum atomic E-state index is -0.871. The van der Waals surface area contributed by atoms with Crippen molar-refractivity contribution in [2.45, 2.75) is 37.9 Å². The molecule has 2 aliphatic heterocycles. The predicted molar refractivity (Wildman–Crippen MR) is 92.7 cm³/mol. The average molecular weight is 347 g/mol. The highest BCUT2D eigenvalue weighted by molar-refractivity contribution is 5.94. The van der Waals surface area contributed by atoms with Crippen LogP contribution in [0, 0.1) is 5.92 Å². The largest absolute Gasteiger partial charge is 0.479 e. The van der Waals surface area contributed by atoms with Crippen molar-refractivity contribution in [3.8, 4) is 0 Å². The highest BCUT2D eigenvalue weighted by Gasteiger charge is 2.37. The van der Waals surface area contributed by atoms with Crippen LogP contribution in [-0.2, 0) is 9.53 Å². The van der Waals surface area contributed by atoms with Gasteiger partial charge in [-0.3, -0.25) is 4.79 Å². The molecule has 1 amide bonds. The predicted octanol–water partition coefficient (Wildman–Crippen LogP) is 1.63. The Morgan fingerprint density at radius 1 is 1.20 bits per heavy atom. The van der Waals surface area contributed by atoms with Crippen LogP contribution < -0.4 is 4.90 Å². The van der Waals surface area contributed by atoms with Crippen LogP contribution in [0.15, 0.2) is 18.3 Å². The number of aromatic nitrogens is 1. The average Bonchev–Trinajstić information content (AvgIpc) is 3.12. The molecule has 25 heavy (non-hydrogen) atoms. The number of anilines is 1. The SMILES string of the molecule is CN(C)c1ccc(C(=O)N2CCC([C@@H]3CC[C@H](C(=O)O)O3)CC2)cn1. The van der Waals surface area contributed by atoms with Crippen molar-refractivity contribution >= 4 is 17.7 Å². The summed E-state index contributed by atoms with van der Waals surface area (Å²) >= 11 is 0. The van der Waals surface area contributed by atoms with Crippen LogP contribution in [-0.4, -0.2) is 66.3 Å². The van der Waals surface area contributed by atoms with Crippen LogP contribution in [0.25, 0.3) is 0 Å². The van der Waals surface area contributed by atoms with Gasteiger partial charge in [0.2, 0.25) is 0 Å². The summed E-state index contributed by atoms with van der Waals surface area (Å²) in [6, 6.07) is 3.66. The van der Waals surface area contributed by atoms with Gasteiger partial charge in [-0.2, -0.15) is 0 Å². The molecule has 0 aromatic carbocycles. The van der Waals surface area contributed by atoms with E-state index < -0.39 is 12.1 Å². The monoisotopic (exact) mass is 347 g/mol. The summed E-state index contributed by atoms with van der Waals surface area (Å²) in [5, 5.41) is 9.04. The molecule has 0 spiro atoms. The maximum atomic E-state index is 12.6. The second-order valence-electron chi connectivity index (χ2n) is 7.01. The van der Waals surface area contributed by atoms with Crippen LogP contribution in [0.4, 0.5) is 5.82 Å². The number of piperidine rings is 1. The number of rotatable bonds is 4. The van der Waals surface area contributed by atoms with Gasteiger partial charge < -0.3 is 19.6 Å². The van der Waals surface area contributed by atoms with E-state index in [2.05, 4.69) is 4.98 Å². The van der Waals surface area contributed by atoms with Crippen LogP contribution in [0.2, 0.25) is 0 Å². The molecule has 1 N–H and O–H groups in total. The van der Waals surface area contributed by atoms with Crippen molar-refractivity contribution in [2.24, 2.45) is 5.92 Å². The van der Waals surface area contributed by atoms with Gasteiger partial charge in [0.05, 0.1) is 11.7 Å². The van der Waals surface area contributed by atoms with Crippen molar-refractivity contribution in [3.05, 3.63) is 23.9 Å². The summed E-state index contributed by atoms with van der Waals surface area (Å²) in [4.78, 5) is 31.7. The number of aliphatic carboxylic acids is 1. The maximum Gasteiger partial charge on any atom is 0.332 e. The van der Waals surface area contributed by atoms with Gasteiger partial charge in [0.25, 0.3) is 5.91 Å². The Morgan fingerprint density at radius 2 is 1.92 bits per heavy atom. The second kappa shape index (κ2) is 7.39. The number of likely N-dealkylation sites (tertiary alicyclic amines) is 1. The molecule has 0 aliphatic carbocycles. The topological polar surface area (TPSA) is 83.0 Å². The Morgan fingerprint density at radius 3 is 2.44 bits per heavy atom. The number of amides is 1. The lowest BCUT2D eigenvalue weighted by atomic mass is 9.89. The van der Waals surface area contributed by atoms with Crippen molar-refractivity contribution in [3.63, 3.8) is 0 Å². The van der Waals surface area contributed by atoms with E-state index in [0.717, 1.165) is 25.1 Å². The number of carbonyl (C=O) groups excluding carboxylic acids is 1. The Bertz CT molecular complexity index is 624. The molecule has 7 nitrogen and oxygen atoms in total. The number of carbonyl (C=O) groups is 2. The van der Waals surface area contributed by atoms with Crippen molar-refractivity contribution < 1.29 is 19.4 Å². The van der Waals surface area contributed by atoms with Gasteiger partial charge in [0.15, 0.2) is 6.10 Å². The smallest absolute Gasteiger partial charge is 0.332 e. The molecule has 1 aromatic rings. The van der Waals surface area contributed by atoms with Crippen molar-refractivity contribution in [2.75, 3.05) is 32.1 Å². The van der Waals surface area contributed by atoms with E-state index >= 15 is 0 Å². The second-order valence-corrected chi connectivity index (χ2v) is 7.01. The summed E-state index contributed by atoms with van der Waals surface area (Å²) in [6.45, 7) is 1.35. The van der Waals surface area contributed by atoms with Gasteiger partial charge in [-0.1, -0.05) is 0 Å². The third-order valence-electron chi connectivity index (χ3n) is 5.13. The van der Waals surface area contributed by atoms with Crippen LogP contribution in [0.5, 0.6) is 0 Å². The van der Waals surface area contributed by atoms with Crippen LogP contribution >= 0.6 is 0 Å². The van der Waals surface area contributed by atoms with Gasteiger partial charge >= 0.3 is 5.97 Å².